The van der Waals surface area contributed by atoms with Crippen molar-refractivity contribution in [2.75, 3.05) is 36.0 Å². The maximum absolute atomic E-state index is 10.2. The number of aryl methyl sites for hydroxylation is 2. The molecule has 3 aromatic heterocycles. The molecule has 1 aliphatic rings. The Kier molecular flexibility index (Phi) is 5.72. The second kappa shape index (κ2) is 9.21. The number of rotatable bonds is 4. The van der Waals surface area contributed by atoms with Crippen LogP contribution >= 0.6 is 0 Å². The van der Waals surface area contributed by atoms with Crippen molar-refractivity contribution in [2.24, 2.45) is 0 Å². The average Bonchev–Trinajstić information content (AvgIpc) is 3.28. The van der Waals surface area contributed by atoms with E-state index >= 15 is 0 Å². The molecule has 1 fully saturated rings. The van der Waals surface area contributed by atoms with Crippen molar-refractivity contribution >= 4 is 28.4 Å². The van der Waals surface area contributed by atoms with Gasteiger partial charge in [0.15, 0.2) is 5.65 Å². The molecule has 1 saturated heterocycles. The predicted molar refractivity (Wildman–Crippen MR) is 147 cm³/mol. The molecule has 6 rings (SSSR count). The molecule has 7 nitrogen and oxygen atoms in total. The van der Waals surface area contributed by atoms with E-state index in [1.54, 1.807) is 0 Å². The topological polar surface area (TPSA) is 73.4 Å². The molecule has 0 amide bonds. The summed E-state index contributed by atoms with van der Waals surface area (Å²) >= 11 is 0. The lowest BCUT2D eigenvalue weighted by Crippen LogP contribution is -2.48. The quantitative estimate of drug-likeness (QED) is 0.356. The van der Waals surface area contributed by atoms with E-state index in [1.807, 2.05) is 44.2 Å². The summed E-state index contributed by atoms with van der Waals surface area (Å²) in [7, 11) is 0. The number of hydrogen-bond donors (Lipinski definition) is 0. The van der Waals surface area contributed by atoms with E-state index in [0.29, 0.717) is 5.56 Å². The van der Waals surface area contributed by atoms with E-state index < -0.39 is 0 Å². The molecule has 0 N–H and O–H groups in total. The van der Waals surface area contributed by atoms with Crippen LogP contribution in [0.2, 0.25) is 0 Å². The van der Waals surface area contributed by atoms with Crippen LogP contribution in [0.15, 0.2) is 60.7 Å². The summed E-state index contributed by atoms with van der Waals surface area (Å²) in [5, 5.41) is 10.2. The molecule has 184 valence electrons. The first-order chi connectivity index (χ1) is 18.0. The highest BCUT2D eigenvalue weighted by atomic mass is 15.3. The SMILES string of the molecule is Cc1cc(C)nc(N2CCN(c3c(Cc4ccccc4)c(C)c(C#N)c4nc5ccccc5n34)CC2)n1. The van der Waals surface area contributed by atoms with Crippen LogP contribution in [0.4, 0.5) is 11.8 Å². The molecule has 4 heterocycles. The van der Waals surface area contributed by atoms with Crippen LogP contribution in [0.5, 0.6) is 0 Å². The lowest BCUT2D eigenvalue weighted by atomic mass is 9.97. The van der Waals surface area contributed by atoms with Crippen molar-refractivity contribution in [3.05, 3.63) is 94.3 Å². The maximum Gasteiger partial charge on any atom is 0.225 e. The number of nitriles is 1. The van der Waals surface area contributed by atoms with E-state index in [9.17, 15) is 5.26 Å². The number of imidazole rings is 1. The first-order valence-corrected chi connectivity index (χ1v) is 12.7. The molecule has 0 saturated carbocycles. The lowest BCUT2D eigenvalue weighted by molar-refractivity contribution is 0.629. The van der Waals surface area contributed by atoms with Crippen LogP contribution in [0, 0.1) is 32.1 Å². The minimum Gasteiger partial charge on any atom is -0.354 e. The van der Waals surface area contributed by atoms with Gasteiger partial charge in [0.25, 0.3) is 0 Å². The fourth-order valence-corrected chi connectivity index (χ4v) is 5.47. The summed E-state index contributed by atoms with van der Waals surface area (Å²) in [6.07, 6.45) is 0.750. The number of hydrogen-bond acceptors (Lipinski definition) is 6. The van der Waals surface area contributed by atoms with Crippen molar-refractivity contribution in [1.29, 1.82) is 5.26 Å². The Hall–Kier alpha value is -4.44. The number of pyridine rings is 1. The molecule has 37 heavy (non-hydrogen) atoms. The van der Waals surface area contributed by atoms with E-state index in [0.717, 1.165) is 78.0 Å². The summed E-state index contributed by atoms with van der Waals surface area (Å²) in [4.78, 5) is 19.0. The van der Waals surface area contributed by atoms with Crippen molar-refractivity contribution < 1.29 is 0 Å². The summed E-state index contributed by atoms with van der Waals surface area (Å²) < 4.78 is 2.21. The van der Waals surface area contributed by atoms with Crippen LogP contribution in [-0.4, -0.2) is 45.5 Å². The summed E-state index contributed by atoms with van der Waals surface area (Å²) in [6, 6.07) is 23.1. The number of para-hydroxylation sites is 2. The fraction of sp³-hybridized carbons (Fsp3) is 0.267. The number of fused-ring (bicyclic) bond motifs is 3. The van der Waals surface area contributed by atoms with Gasteiger partial charge >= 0.3 is 0 Å². The first kappa shape index (κ1) is 23.0. The summed E-state index contributed by atoms with van der Waals surface area (Å²) in [5.74, 6) is 1.93. The summed E-state index contributed by atoms with van der Waals surface area (Å²) in [5.41, 5.74) is 8.69. The van der Waals surface area contributed by atoms with Gasteiger partial charge in [-0.15, -0.1) is 0 Å². The Morgan fingerprint density at radius 1 is 0.811 bits per heavy atom. The number of anilines is 2. The maximum atomic E-state index is 10.2. The van der Waals surface area contributed by atoms with Crippen molar-refractivity contribution in [1.82, 2.24) is 19.4 Å². The van der Waals surface area contributed by atoms with Crippen LogP contribution in [-0.2, 0) is 6.42 Å². The smallest absolute Gasteiger partial charge is 0.225 e. The Morgan fingerprint density at radius 2 is 1.46 bits per heavy atom. The number of aromatic nitrogens is 4. The fourth-order valence-electron chi connectivity index (χ4n) is 5.47. The molecule has 0 radical (unpaired) electrons. The van der Waals surface area contributed by atoms with Crippen molar-refractivity contribution in [3.63, 3.8) is 0 Å². The van der Waals surface area contributed by atoms with Gasteiger partial charge in [-0.25, -0.2) is 15.0 Å². The zero-order valence-corrected chi connectivity index (χ0v) is 21.4. The van der Waals surface area contributed by atoms with Gasteiger partial charge in [0.1, 0.15) is 11.9 Å². The molecule has 0 atom stereocenters. The molecule has 7 heteroatoms. The highest BCUT2D eigenvalue weighted by Gasteiger charge is 2.27. The summed E-state index contributed by atoms with van der Waals surface area (Å²) in [6.45, 7) is 9.40. The van der Waals surface area contributed by atoms with Gasteiger partial charge in [0.2, 0.25) is 5.95 Å². The first-order valence-electron chi connectivity index (χ1n) is 12.7. The van der Waals surface area contributed by atoms with Gasteiger partial charge in [-0.3, -0.25) is 4.40 Å². The molecular formula is C30H29N7. The number of nitrogens with zero attached hydrogens (tertiary/aromatic N) is 7. The lowest BCUT2D eigenvalue weighted by Gasteiger charge is -2.38. The van der Waals surface area contributed by atoms with Gasteiger partial charge in [-0.05, 0) is 50.1 Å². The highest BCUT2D eigenvalue weighted by Crippen LogP contribution is 2.35. The van der Waals surface area contributed by atoms with Crippen LogP contribution < -0.4 is 9.80 Å². The molecule has 1 aliphatic heterocycles. The van der Waals surface area contributed by atoms with Crippen molar-refractivity contribution in [3.8, 4) is 6.07 Å². The third-order valence-corrected chi connectivity index (χ3v) is 7.26. The Bertz CT molecular complexity index is 1640. The van der Waals surface area contributed by atoms with E-state index in [1.165, 1.54) is 11.1 Å². The molecule has 5 aromatic rings. The van der Waals surface area contributed by atoms with Crippen molar-refractivity contribution in [2.45, 2.75) is 27.2 Å². The second-order valence-corrected chi connectivity index (χ2v) is 9.76. The van der Waals surface area contributed by atoms with Crippen LogP contribution in [0.1, 0.15) is 33.6 Å². The largest absolute Gasteiger partial charge is 0.354 e. The van der Waals surface area contributed by atoms with Gasteiger partial charge in [-0.1, -0.05) is 42.5 Å². The minimum absolute atomic E-state index is 0.646. The number of benzene rings is 2. The molecule has 0 unspecified atom stereocenters. The van der Waals surface area contributed by atoms with Gasteiger partial charge in [0.05, 0.1) is 16.6 Å². The van der Waals surface area contributed by atoms with Gasteiger partial charge < -0.3 is 9.80 Å². The highest BCUT2D eigenvalue weighted by molar-refractivity contribution is 5.86. The molecule has 0 aliphatic carbocycles. The zero-order valence-electron chi connectivity index (χ0n) is 21.4. The minimum atomic E-state index is 0.646. The molecular weight excluding hydrogens is 458 g/mol. The monoisotopic (exact) mass is 487 g/mol. The predicted octanol–water partition coefficient (Wildman–Crippen LogP) is 4.99. The zero-order chi connectivity index (χ0) is 25.5. The molecule has 2 aromatic carbocycles. The normalized spacial score (nSPS) is 13.9. The second-order valence-electron chi connectivity index (χ2n) is 9.76. The number of piperazine rings is 1. The van der Waals surface area contributed by atoms with Gasteiger partial charge in [0, 0.05) is 49.6 Å². The Labute approximate surface area is 216 Å². The molecule has 0 spiro atoms. The Morgan fingerprint density at radius 3 is 2.16 bits per heavy atom. The third-order valence-electron chi connectivity index (χ3n) is 7.26. The van der Waals surface area contributed by atoms with Crippen LogP contribution in [0.3, 0.4) is 0 Å². The molecule has 0 bridgehead atoms. The van der Waals surface area contributed by atoms with E-state index in [-0.39, 0.29) is 0 Å². The van der Waals surface area contributed by atoms with E-state index in [4.69, 9.17) is 15.0 Å². The van der Waals surface area contributed by atoms with E-state index in [2.05, 4.69) is 57.5 Å². The third kappa shape index (κ3) is 4.05. The van der Waals surface area contributed by atoms with Crippen LogP contribution in [0.25, 0.3) is 16.7 Å². The van der Waals surface area contributed by atoms with Gasteiger partial charge in [-0.2, -0.15) is 5.26 Å². The average molecular weight is 488 g/mol. The standard InChI is InChI=1S/C30H29N7/c1-20-17-21(2)33-30(32-20)36-15-13-35(14-16-36)29-24(18-23-9-5-4-6-10-23)22(3)25(19-31)28-34-26-11-7-8-12-27(26)37(28)29/h4-12,17H,13-16,18H2,1-3H3. The Balaban J connectivity index is 1.49.